The molecule has 0 atom stereocenters. The lowest BCUT2D eigenvalue weighted by Crippen LogP contribution is -2.12. The zero-order valence-electron chi connectivity index (χ0n) is 16.6. The molecule has 4 N–H and O–H groups in total. The van der Waals surface area contributed by atoms with Gasteiger partial charge in [0, 0.05) is 19.3 Å². The SMILES string of the molecule is CC1CC1.CNc1cc(Nc2cccnc2OC2CC2)nc2c(C(N)=O)cnn12. The van der Waals surface area contributed by atoms with Crippen LogP contribution in [0.15, 0.2) is 30.6 Å². The van der Waals surface area contributed by atoms with Gasteiger partial charge in [0.05, 0.1) is 6.20 Å². The molecule has 2 aliphatic carbocycles. The van der Waals surface area contributed by atoms with Crippen LogP contribution in [0.4, 0.5) is 17.3 Å². The van der Waals surface area contributed by atoms with E-state index in [-0.39, 0.29) is 11.7 Å². The van der Waals surface area contributed by atoms with Crippen molar-refractivity contribution in [3.05, 3.63) is 36.2 Å². The van der Waals surface area contributed by atoms with E-state index >= 15 is 0 Å². The van der Waals surface area contributed by atoms with Crippen LogP contribution < -0.4 is 21.1 Å². The minimum Gasteiger partial charge on any atom is -0.473 e. The van der Waals surface area contributed by atoms with Crippen molar-refractivity contribution in [3.63, 3.8) is 0 Å². The molecule has 0 saturated heterocycles. The molecule has 0 radical (unpaired) electrons. The van der Waals surface area contributed by atoms with Gasteiger partial charge in [-0.3, -0.25) is 4.79 Å². The topological polar surface area (TPSA) is 119 Å². The Kier molecular flexibility index (Phi) is 5.20. The minimum atomic E-state index is -0.583. The fourth-order valence-corrected chi connectivity index (χ4v) is 2.61. The number of hydrogen-bond acceptors (Lipinski definition) is 7. The average Bonchev–Trinajstić information content (AvgIpc) is 3.63. The normalized spacial score (nSPS) is 15.4. The molecule has 1 amide bonds. The average molecular weight is 395 g/mol. The number of hydrogen-bond donors (Lipinski definition) is 3. The highest BCUT2D eigenvalue weighted by Crippen LogP contribution is 2.32. The van der Waals surface area contributed by atoms with Gasteiger partial charge in [-0.05, 0) is 30.9 Å². The quantitative estimate of drug-likeness (QED) is 0.587. The number of carbonyl (C=O) groups is 1. The van der Waals surface area contributed by atoms with E-state index in [9.17, 15) is 4.79 Å². The maximum atomic E-state index is 11.6. The molecular formula is C20H25N7O2. The van der Waals surface area contributed by atoms with Gasteiger partial charge < -0.3 is 21.1 Å². The number of pyridine rings is 1. The number of amides is 1. The lowest BCUT2D eigenvalue weighted by molar-refractivity contribution is 0.100. The van der Waals surface area contributed by atoms with Crippen molar-refractivity contribution in [1.29, 1.82) is 0 Å². The standard InChI is InChI=1S/C16H17N7O2.C4H8/c1-18-13-7-12(22-15-10(14(17)24)8-20-23(13)15)21-11-3-2-6-19-16(11)25-9-4-5-9;1-4-2-3-4/h2-3,6-9,18H,4-5H2,1H3,(H2,17,24)(H,21,22);4H,2-3H2,1H3. The van der Waals surface area contributed by atoms with Gasteiger partial charge in [0.1, 0.15) is 29.0 Å². The predicted molar refractivity (Wildman–Crippen MR) is 111 cm³/mol. The summed E-state index contributed by atoms with van der Waals surface area (Å²) in [5, 5.41) is 10.4. The zero-order chi connectivity index (χ0) is 20.4. The van der Waals surface area contributed by atoms with Gasteiger partial charge in [0.15, 0.2) is 5.65 Å². The van der Waals surface area contributed by atoms with Crippen molar-refractivity contribution < 1.29 is 9.53 Å². The number of carbonyl (C=O) groups excluding carboxylic acids is 1. The van der Waals surface area contributed by atoms with Crippen molar-refractivity contribution in [1.82, 2.24) is 19.6 Å². The Morgan fingerprint density at radius 1 is 1.31 bits per heavy atom. The fourth-order valence-electron chi connectivity index (χ4n) is 2.61. The number of ether oxygens (including phenoxy) is 1. The monoisotopic (exact) mass is 395 g/mol. The van der Waals surface area contributed by atoms with E-state index in [1.807, 2.05) is 12.1 Å². The van der Waals surface area contributed by atoms with Crippen molar-refractivity contribution >= 4 is 28.9 Å². The van der Waals surface area contributed by atoms with E-state index in [4.69, 9.17) is 10.5 Å². The summed E-state index contributed by atoms with van der Waals surface area (Å²) in [6.45, 7) is 2.28. The summed E-state index contributed by atoms with van der Waals surface area (Å²) in [7, 11) is 1.76. The third kappa shape index (κ3) is 4.56. The van der Waals surface area contributed by atoms with Crippen LogP contribution >= 0.6 is 0 Å². The Labute approximate surface area is 168 Å². The van der Waals surface area contributed by atoms with E-state index < -0.39 is 5.91 Å². The maximum absolute atomic E-state index is 11.6. The molecule has 9 nitrogen and oxygen atoms in total. The number of fused-ring (bicyclic) bond motifs is 1. The van der Waals surface area contributed by atoms with Crippen LogP contribution in [-0.2, 0) is 0 Å². The number of nitrogens with one attached hydrogen (secondary N) is 2. The number of nitrogens with zero attached hydrogens (tertiary/aromatic N) is 4. The Hall–Kier alpha value is -3.36. The highest BCUT2D eigenvalue weighted by Gasteiger charge is 2.25. The summed E-state index contributed by atoms with van der Waals surface area (Å²) in [5.41, 5.74) is 6.72. The highest BCUT2D eigenvalue weighted by molar-refractivity contribution is 5.99. The van der Waals surface area contributed by atoms with E-state index in [1.165, 1.54) is 23.6 Å². The summed E-state index contributed by atoms with van der Waals surface area (Å²) >= 11 is 0. The second kappa shape index (κ2) is 7.94. The number of primary amides is 1. The molecule has 0 bridgehead atoms. The first-order chi connectivity index (χ1) is 14.0. The molecule has 0 aromatic carbocycles. The first-order valence-electron chi connectivity index (χ1n) is 9.80. The van der Waals surface area contributed by atoms with Crippen LogP contribution in [0.25, 0.3) is 5.65 Å². The smallest absolute Gasteiger partial charge is 0.254 e. The first kappa shape index (κ1) is 19.0. The number of anilines is 3. The Bertz CT molecular complexity index is 1020. The van der Waals surface area contributed by atoms with Gasteiger partial charge in [0.2, 0.25) is 5.88 Å². The molecule has 2 fully saturated rings. The van der Waals surface area contributed by atoms with Crippen LogP contribution in [0.1, 0.15) is 43.0 Å². The lowest BCUT2D eigenvalue weighted by atomic mass is 10.3. The van der Waals surface area contributed by atoms with Crippen LogP contribution in [0.3, 0.4) is 0 Å². The Morgan fingerprint density at radius 2 is 2.07 bits per heavy atom. The van der Waals surface area contributed by atoms with Crippen molar-refractivity contribution in [2.45, 2.75) is 38.7 Å². The Balaban J connectivity index is 0.000000458. The summed E-state index contributed by atoms with van der Waals surface area (Å²) in [5.74, 6) is 2.21. The van der Waals surface area contributed by atoms with Crippen molar-refractivity contribution in [3.8, 4) is 5.88 Å². The maximum Gasteiger partial charge on any atom is 0.254 e. The van der Waals surface area contributed by atoms with Crippen LogP contribution in [0, 0.1) is 5.92 Å². The second-order valence-corrected chi connectivity index (χ2v) is 7.42. The number of nitrogens with two attached hydrogens (primary N) is 1. The molecule has 0 aliphatic heterocycles. The lowest BCUT2D eigenvalue weighted by Gasteiger charge is -2.12. The second-order valence-electron chi connectivity index (χ2n) is 7.42. The molecule has 2 saturated carbocycles. The van der Waals surface area contributed by atoms with Gasteiger partial charge in [-0.25, -0.2) is 9.97 Å². The molecule has 3 aromatic heterocycles. The molecule has 0 unspecified atom stereocenters. The molecule has 0 spiro atoms. The van der Waals surface area contributed by atoms with Crippen LogP contribution in [0.5, 0.6) is 5.88 Å². The molecule has 152 valence electrons. The molecule has 3 heterocycles. The first-order valence-corrected chi connectivity index (χ1v) is 9.80. The number of rotatable bonds is 6. The van der Waals surface area contributed by atoms with Gasteiger partial charge in [-0.1, -0.05) is 19.8 Å². The summed E-state index contributed by atoms with van der Waals surface area (Å²) < 4.78 is 7.33. The van der Waals surface area contributed by atoms with E-state index in [2.05, 4.69) is 32.6 Å². The fraction of sp³-hybridized carbons (Fsp3) is 0.400. The van der Waals surface area contributed by atoms with Gasteiger partial charge in [0.25, 0.3) is 5.91 Å². The molecular weight excluding hydrogens is 370 g/mol. The summed E-state index contributed by atoms with van der Waals surface area (Å²) in [4.78, 5) is 20.3. The van der Waals surface area contributed by atoms with E-state index in [1.54, 1.807) is 19.3 Å². The summed E-state index contributed by atoms with van der Waals surface area (Å²) in [6, 6.07) is 5.45. The molecule has 5 rings (SSSR count). The minimum absolute atomic E-state index is 0.232. The van der Waals surface area contributed by atoms with Crippen molar-refractivity contribution in [2.24, 2.45) is 11.7 Å². The third-order valence-electron chi connectivity index (χ3n) is 4.70. The van der Waals surface area contributed by atoms with E-state index in [0.717, 1.165) is 18.8 Å². The largest absolute Gasteiger partial charge is 0.473 e. The van der Waals surface area contributed by atoms with Crippen LogP contribution in [-0.4, -0.2) is 38.6 Å². The van der Waals surface area contributed by atoms with Crippen LogP contribution in [0.2, 0.25) is 0 Å². The van der Waals surface area contributed by atoms with Crippen molar-refractivity contribution in [2.75, 3.05) is 17.7 Å². The predicted octanol–water partition coefficient (Wildman–Crippen LogP) is 2.97. The third-order valence-corrected chi connectivity index (χ3v) is 4.70. The van der Waals surface area contributed by atoms with Gasteiger partial charge in [-0.2, -0.15) is 9.61 Å². The molecule has 2 aliphatic rings. The zero-order valence-corrected chi connectivity index (χ0v) is 16.6. The Morgan fingerprint density at radius 3 is 2.69 bits per heavy atom. The molecule has 9 heteroatoms. The van der Waals surface area contributed by atoms with Gasteiger partial charge >= 0.3 is 0 Å². The molecule has 3 aromatic rings. The molecule has 29 heavy (non-hydrogen) atoms. The van der Waals surface area contributed by atoms with E-state index in [0.29, 0.717) is 28.9 Å². The summed E-state index contributed by atoms with van der Waals surface area (Å²) in [6.07, 6.45) is 8.38. The number of aromatic nitrogens is 4. The highest BCUT2D eigenvalue weighted by atomic mass is 16.5. The van der Waals surface area contributed by atoms with Gasteiger partial charge in [-0.15, -0.1) is 0 Å².